The molecule has 0 fully saturated rings. The molecule has 0 aliphatic rings. The number of hydrogen-bond acceptors (Lipinski definition) is 2. The summed E-state index contributed by atoms with van der Waals surface area (Å²) in [7, 11) is 1.64. The van der Waals surface area contributed by atoms with Gasteiger partial charge in [-0.25, -0.2) is 4.39 Å². The molecular formula is C21H21FN2O2. The van der Waals surface area contributed by atoms with E-state index < -0.39 is 5.91 Å². The summed E-state index contributed by atoms with van der Waals surface area (Å²) in [5.41, 5.74) is 9.66. The molecule has 4 nitrogen and oxygen atoms in total. The molecule has 134 valence electrons. The van der Waals surface area contributed by atoms with Crippen LogP contribution in [0.3, 0.4) is 0 Å². The number of carbonyl (C=O) groups is 1. The van der Waals surface area contributed by atoms with Crippen LogP contribution in [0, 0.1) is 12.7 Å². The molecule has 0 bridgehead atoms. The van der Waals surface area contributed by atoms with Crippen LogP contribution in [0.1, 0.15) is 21.6 Å². The van der Waals surface area contributed by atoms with Crippen LogP contribution in [0.2, 0.25) is 0 Å². The average molecular weight is 352 g/mol. The van der Waals surface area contributed by atoms with Crippen molar-refractivity contribution < 1.29 is 13.9 Å². The number of ether oxygens (including phenoxy) is 1. The van der Waals surface area contributed by atoms with Gasteiger partial charge in [0.1, 0.15) is 11.6 Å². The maximum atomic E-state index is 13.3. The Hall–Kier alpha value is -3.08. The zero-order chi connectivity index (χ0) is 18.7. The molecule has 1 aromatic heterocycles. The molecule has 2 N–H and O–H groups in total. The highest BCUT2D eigenvalue weighted by molar-refractivity contribution is 5.95. The number of primary amides is 1. The molecule has 0 saturated carbocycles. The van der Waals surface area contributed by atoms with Gasteiger partial charge in [0.25, 0.3) is 5.91 Å². The minimum atomic E-state index is -0.464. The fourth-order valence-electron chi connectivity index (χ4n) is 3.08. The summed E-state index contributed by atoms with van der Waals surface area (Å²) in [6.45, 7) is 2.55. The average Bonchev–Trinajstić information content (AvgIpc) is 2.98. The Morgan fingerprint density at radius 3 is 2.35 bits per heavy atom. The van der Waals surface area contributed by atoms with Gasteiger partial charge in [-0.2, -0.15) is 0 Å². The second kappa shape index (κ2) is 7.44. The van der Waals surface area contributed by atoms with Crippen LogP contribution < -0.4 is 10.5 Å². The highest BCUT2D eigenvalue weighted by Gasteiger charge is 2.16. The molecule has 0 spiro atoms. The minimum Gasteiger partial charge on any atom is -0.497 e. The van der Waals surface area contributed by atoms with Crippen LogP contribution in [-0.2, 0) is 13.0 Å². The predicted molar refractivity (Wildman–Crippen MR) is 99.8 cm³/mol. The predicted octanol–water partition coefficient (Wildman–Crippen LogP) is 3.95. The molecule has 0 saturated heterocycles. The number of methoxy groups -OCH3 is 1. The Labute approximate surface area is 152 Å². The van der Waals surface area contributed by atoms with Crippen molar-refractivity contribution in [3.8, 4) is 17.0 Å². The molecule has 0 atom stereocenters. The Balaban J connectivity index is 1.93. The van der Waals surface area contributed by atoms with Crippen LogP contribution in [0.15, 0.2) is 54.6 Å². The van der Waals surface area contributed by atoms with Gasteiger partial charge < -0.3 is 15.0 Å². The molecule has 1 amide bonds. The first kappa shape index (κ1) is 17.7. The van der Waals surface area contributed by atoms with Crippen molar-refractivity contribution in [2.45, 2.75) is 19.9 Å². The number of aromatic nitrogens is 1. The summed E-state index contributed by atoms with van der Waals surface area (Å²) in [6.07, 6.45) is 0.784. The highest BCUT2D eigenvalue weighted by atomic mass is 19.1. The van der Waals surface area contributed by atoms with Gasteiger partial charge in [-0.05, 0) is 66.9 Å². The fraction of sp³-hybridized carbons (Fsp3) is 0.190. The molecule has 0 radical (unpaired) electrons. The molecule has 26 heavy (non-hydrogen) atoms. The number of carbonyl (C=O) groups excluding carboxylic acids is 1. The number of hydrogen-bond donors (Lipinski definition) is 1. The number of amides is 1. The van der Waals surface area contributed by atoms with E-state index in [1.807, 2.05) is 31.2 Å². The summed E-state index contributed by atoms with van der Waals surface area (Å²) in [5, 5.41) is 0. The van der Waals surface area contributed by atoms with E-state index in [4.69, 9.17) is 10.5 Å². The second-order valence-electron chi connectivity index (χ2n) is 6.15. The van der Waals surface area contributed by atoms with E-state index in [2.05, 4.69) is 4.57 Å². The lowest BCUT2D eigenvalue weighted by Crippen LogP contribution is -2.13. The molecule has 5 heteroatoms. The van der Waals surface area contributed by atoms with Gasteiger partial charge in [-0.15, -0.1) is 0 Å². The number of rotatable bonds is 6. The topological polar surface area (TPSA) is 57.2 Å². The number of halogens is 1. The first-order chi connectivity index (χ1) is 12.5. The quantitative estimate of drug-likeness (QED) is 0.730. The lowest BCUT2D eigenvalue weighted by molar-refractivity contribution is 0.0999. The van der Waals surface area contributed by atoms with Gasteiger partial charge in [0.05, 0.1) is 12.7 Å². The summed E-state index contributed by atoms with van der Waals surface area (Å²) in [6, 6.07) is 15.9. The molecule has 0 aliphatic heterocycles. The van der Waals surface area contributed by atoms with Gasteiger partial charge in [0.2, 0.25) is 0 Å². The Morgan fingerprint density at radius 1 is 1.12 bits per heavy atom. The summed E-state index contributed by atoms with van der Waals surface area (Å²) < 4.78 is 20.5. The van der Waals surface area contributed by atoms with Crippen molar-refractivity contribution in [2.24, 2.45) is 5.73 Å². The third-order valence-electron chi connectivity index (χ3n) is 4.56. The van der Waals surface area contributed by atoms with Crippen molar-refractivity contribution in [2.75, 3.05) is 7.11 Å². The Bertz CT molecular complexity index is 912. The van der Waals surface area contributed by atoms with E-state index in [0.29, 0.717) is 12.1 Å². The summed E-state index contributed by atoms with van der Waals surface area (Å²) in [4.78, 5) is 11.8. The molecular weight excluding hydrogens is 331 g/mol. The minimum absolute atomic E-state index is 0.295. The largest absolute Gasteiger partial charge is 0.497 e. The van der Waals surface area contributed by atoms with Gasteiger partial charge in [-0.1, -0.05) is 12.1 Å². The highest BCUT2D eigenvalue weighted by Crippen LogP contribution is 2.27. The number of nitrogens with two attached hydrogens (primary N) is 1. The van der Waals surface area contributed by atoms with Crippen molar-refractivity contribution in [1.29, 1.82) is 0 Å². The number of nitrogens with zero attached hydrogens (tertiary/aromatic N) is 1. The fourth-order valence-corrected chi connectivity index (χ4v) is 3.08. The van der Waals surface area contributed by atoms with E-state index >= 15 is 0 Å². The molecule has 3 rings (SSSR count). The summed E-state index contributed by atoms with van der Waals surface area (Å²) >= 11 is 0. The smallest absolute Gasteiger partial charge is 0.250 e. The molecule has 2 aromatic carbocycles. The SMILES string of the molecule is COc1ccc(CCn2c(-c3ccc(F)cc3)cc(C(N)=O)c2C)cc1. The number of aryl methyl sites for hydroxylation is 1. The van der Waals surface area contributed by atoms with Gasteiger partial charge in [-0.3, -0.25) is 4.79 Å². The van der Waals surface area contributed by atoms with Crippen LogP contribution in [0.5, 0.6) is 5.75 Å². The maximum absolute atomic E-state index is 13.3. The maximum Gasteiger partial charge on any atom is 0.250 e. The van der Waals surface area contributed by atoms with E-state index in [1.54, 1.807) is 25.3 Å². The van der Waals surface area contributed by atoms with Gasteiger partial charge in [0, 0.05) is 17.9 Å². The summed E-state index contributed by atoms with van der Waals surface area (Å²) in [5.74, 6) is 0.0555. The first-order valence-electron chi connectivity index (χ1n) is 8.38. The lowest BCUT2D eigenvalue weighted by atomic mass is 10.1. The van der Waals surface area contributed by atoms with Crippen molar-refractivity contribution in [1.82, 2.24) is 4.57 Å². The Kier molecular flexibility index (Phi) is 5.07. The zero-order valence-electron chi connectivity index (χ0n) is 14.8. The van der Waals surface area contributed by atoms with Gasteiger partial charge in [0.15, 0.2) is 0 Å². The van der Waals surface area contributed by atoms with Crippen molar-refractivity contribution >= 4 is 5.91 Å². The van der Waals surface area contributed by atoms with Crippen molar-refractivity contribution in [3.05, 3.63) is 77.2 Å². The molecule has 1 heterocycles. The van der Waals surface area contributed by atoms with Crippen LogP contribution >= 0.6 is 0 Å². The molecule has 0 aliphatic carbocycles. The first-order valence-corrected chi connectivity index (χ1v) is 8.38. The van der Waals surface area contributed by atoms with Crippen LogP contribution in [0.25, 0.3) is 11.3 Å². The Morgan fingerprint density at radius 2 is 1.77 bits per heavy atom. The second-order valence-corrected chi connectivity index (χ2v) is 6.15. The van der Waals surface area contributed by atoms with Gasteiger partial charge >= 0.3 is 0 Å². The molecule has 3 aromatic rings. The third-order valence-corrected chi connectivity index (χ3v) is 4.56. The third kappa shape index (κ3) is 3.61. The van der Waals surface area contributed by atoms with Crippen molar-refractivity contribution in [3.63, 3.8) is 0 Å². The van der Waals surface area contributed by atoms with E-state index in [-0.39, 0.29) is 5.82 Å². The monoisotopic (exact) mass is 352 g/mol. The van der Waals surface area contributed by atoms with Crippen LogP contribution in [0.4, 0.5) is 4.39 Å². The molecule has 0 unspecified atom stereocenters. The van der Waals surface area contributed by atoms with E-state index in [0.717, 1.165) is 34.7 Å². The lowest BCUT2D eigenvalue weighted by Gasteiger charge is -2.12. The number of benzene rings is 2. The van der Waals surface area contributed by atoms with Crippen LogP contribution in [-0.4, -0.2) is 17.6 Å². The zero-order valence-corrected chi connectivity index (χ0v) is 14.8. The van der Waals surface area contributed by atoms with E-state index in [1.165, 1.54) is 12.1 Å². The van der Waals surface area contributed by atoms with E-state index in [9.17, 15) is 9.18 Å². The normalized spacial score (nSPS) is 10.7. The standard InChI is InChI=1S/C21H21FN2O2/c1-14-19(21(23)25)13-20(16-5-7-17(22)8-6-16)24(14)12-11-15-3-9-18(26-2)10-4-15/h3-10,13H,11-12H2,1-2H3,(H2,23,25).